The molecule has 0 aliphatic rings. The molecule has 5 heavy (non-hydrogen) atoms. The van der Waals surface area contributed by atoms with Gasteiger partial charge >= 0.3 is 0 Å². The molecule has 0 heterocycles. The normalized spacial score (nSPS) is 0.800. The fraction of sp³-hybridized carbons (Fsp3) is 0. The highest BCUT2D eigenvalue weighted by molar-refractivity contribution is 7.00. The molecule has 0 unspecified atom stereocenters. The minimum atomic E-state index is 0. The van der Waals surface area contributed by atoms with Gasteiger partial charge in [0.1, 0.15) is 9.12 Å². The van der Waals surface area contributed by atoms with Crippen LogP contribution in [0.2, 0.25) is 0 Å². The number of hydrogen-bond donors (Lipinski definition) is 0. The van der Waals surface area contributed by atoms with Gasteiger partial charge in [-0.05, 0) is 0 Å². The standard InChI is InChI=1S/3FH.HOP/c;;;1-2/h3*1H;2H. The van der Waals surface area contributed by atoms with Gasteiger partial charge in [-0.2, -0.15) is 0 Å². The van der Waals surface area contributed by atoms with Crippen molar-refractivity contribution in [3.05, 3.63) is 0 Å². The molecule has 0 rings (SSSR count). The van der Waals surface area contributed by atoms with E-state index in [0.29, 0.717) is 0 Å². The molecule has 36 valence electrons. The lowest BCUT2D eigenvalue weighted by molar-refractivity contribution is 0.607. The predicted octanol–water partition coefficient (Wildman–Crippen LogP) is 0.932. The van der Waals surface area contributed by atoms with Gasteiger partial charge in [0.2, 0.25) is 0 Å². The van der Waals surface area contributed by atoms with E-state index in [-0.39, 0.29) is 14.1 Å². The molecule has 0 aromatic carbocycles. The van der Waals surface area contributed by atoms with Gasteiger partial charge in [0.05, 0.1) is 0 Å². The molecule has 0 atom stereocenters. The molecule has 0 N–H and O–H groups in total. The topological polar surface area (TPSA) is 17.1 Å². The van der Waals surface area contributed by atoms with Crippen LogP contribution in [-0.2, 0) is 4.57 Å². The quantitative estimate of drug-likeness (QED) is 0.422. The zero-order chi connectivity index (χ0) is 2.00. The van der Waals surface area contributed by atoms with Gasteiger partial charge in [0.15, 0.2) is 0 Å². The average Bonchev–Trinajstić information content (AvgIpc) is 1.00. The predicted molar refractivity (Wildman–Crippen MR) is 16.5 cm³/mol. The van der Waals surface area contributed by atoms with Crippen LogP contribution in [0.4, 0.5) is 14.1 Å². The van der Waals surface area contributed by atoms with Crippen molar-refractivity contribution in [3.63, 3.8) is 0 Å². The summed E-state index contributed by atoms with van der Waals surface area (Å²) in [7, 11) is 1.72. The molecular formula is H4F3OP. The molecule has 0 amide bonds. The van der Waals surface area contributed by atoms with Crippen molar-refractivity contribution in [2.75, 3.05) is 0 Å². The molecule has 5 heteroatoms. The molecule has 0 fully saturated rings. The van der Waals surface area contributed by atoms with Crippen LogP contribution in [0.3, 0.4) is 0 Å². The van der Waals surface area contributed by atoms with Crippen molar-refractivity contribution in [1.82, 2.24) is 0 Å². The zero-order valence-electron chi connectivity index (χ0n) is 2.13. The molecule has 0 spiro atoms. The van der Waals surface area contributed by atoms with Crippen molar-refractivity contribution in [2.45, 2.75) is 0 Å². The molecule has 1 nitrogen and oxygen atoms in total. The Hall–Kier alpha value is -0.110. The zero-order valence-corrected chi connectivity index (χ0v) is 3.13. The van der Waals surface area contributed by atoms with E-state index in [4.69, 9.17) is 4.57 Å². The number of hydrogen-bond acceptors (Lipinski definition) is 1. The summed E-state index contributed by atoms with van der Waals surface area (Å²) in [5.41, 5.74) is 0. The first-order valence-electron chi connectivity index (χ1n) is 0.204. The van der Waals surface area contributed by atoms with Gasteiger partial charge in [-0.1, -0.05) is 0 Å². The second kappa shape index (κ2) is 2690. The van der Waals surface area contributed by atoms with Crippen LogP contribution in [0.5, 0.6) is 0 Å². The van der Waals surface area contributed by atoms with Gasteiger partial charge < -0.3 is 0 Å². The van der Waals surface area contributed by atoms with E-state index in [2.05, 4.69) is 0 Å². The van der Waals surface area contributed by atoms with Crippen LogP contribution in [0.15, 0.2) is 0 Å². The van der Waals surface area contributed by atoms with Crippen molar-refractivity contribution < 1.29 is 18.7 Å². The van der Waals surface area contributed by atoms with Crippen LogP contribution in [0.25, 0.3) is 0 Å². The third-order valence-corrected chi connectivity index (χ3v) is 0. The molecule has 0 aliphatic carbocycles. The molecule has 0 saturated heterocycles. The Morgan fingerprint density at radius 2 is 0.800 bits per heavy atom. The summed E-state index contributed by atoms with van der Waals surface area (Å²) in [4.78, 5) is 0. The van der Waals surface area contributed by atoms with E-state index in [1.54, 1.807) is 9.12 Å². The van der Waals surface area contributed by atoms with Gasteiger partial charge in [0, 0.05) is 0 Å². The molecule has 0 aliphatic heterocycles. The third kappa shape index (κ3) is 1150. The molecule has 0 aromatic heterocycles. The average molecular weight is 108 g/mol. The van der Waals surface area contributed by atoms with Crippen molar-refractivity contribution in [3.8, 4) is 0 Å². The molecule has 0 radical (unpaired) electrons. The maximum atomic E-state index is 8.06. The second-order valence-electron chi connectivity index (χ2n) is 0. The monoisotopic (exact) mass is 108 g/mol. The highest BCUT2D eigenvalue weighted by Crippen LogP contribution is 1.23. The van der Waals surface area contributed by atoms with Crippen LogP contribution < -0.4 is 0 Å². The highest BCUT2D eigenvalue weighted by Gasteiger charge is 0.667. The summed E-state index contributed by atoms with van der Waals surface area (Å²) >= 11 is 0. The maximum absolute atomic E-state index is 8.06. The first kappa shape index (κ1) is 93.4. The van der Waals surface area contributed by atoms with E-state index in [1.165, 1.54) is 0 Å². The van der Waals surface area contributed by atoms with Gasteiger partial charge in [-0.25, -0.2) is 0 Å². The smallest absolute Gasteiger partial charge is 0.138 e. The second-order valence-corrected chi connectivity index (χ2v) is 0. The van der Waals surface area contributed by atoms with Crippen LogP contribution in [0.1, 0.15) is 0 Å². The summed E-state index contributed by atoms with van der Waals surface area (Å²) in [6.45, 7) is 0. The summed E-state index contributed by atoms with van der Waals surface area (Å²) in [6.07, 6.45) is 0. The summed E-state index contributed by atoms with van der Waals surface area (Å²) in [6, 6.07) is 0. The Labute approximate surface area is 29.1 Å². The minimum absolute atomic E-state index is 0. The fourth-order valence-corrected chi connectivity index (χ4v) is 0. The third-order valence-electron chi connectivity index (χ3n) is 0. The largest absolute Gasteiger partial charge is 0.279 e. The van der Waals surface area contributed by atoms with Crippen molar-refractivity contribution in [2.24, 2.45) is 0 Å². The Kier molecular flexibility index (Phi) is 50200. The minimum Gasteiger partial charge on any atom is -0.279 e. The van der Waals surface area contributed by atoms with Crippen LogP contribution in [0, 0.1) is 0 Å². The summed E-state index contributed by atoms with van der Waals surface area (Å²) in [5, 5.41) is 0. The summed E-state index contributed by atoms with van der Waals surface area (Å²) < 4.78 is 8.06. The lowest BCUT2D eigenvalue weighted by Gasteiger charge is -0.807. The lowest BCUT2D eigenvalue weighted by Crippen LogP contribution is -0.489. The van der Waals surface area contributed by atoms with Crippen molar-refractivity contribution >= 4 is 9.12 Å². The fourth-order valence-electron chi connectivity index (χ4n) is 0. The first-order valence-corrected chi connectivity index (χ1v) is 0.612. The maximum Gasteiger partial charge on any atom is 0.138 e. The van der Waals surface area contributed by atoms with Gasteiger partial charge in [-0.3, -0.25) is 18.7 Å². The lowest BCUT2D eigenvalue weighted by atomic mass is 16.0. The SMILES string of the molecule is F.F.F.O=P. The Bertz CT molecular complexity index is 6.85. The van der Waals surface area contributed by atoms with E-state index in [9.17, 15) is 0 Å². The molecular weight excluding hydrogens is 104 g/mol. The van der Waals surface area contributed by atoms with E-state index >= 15 is 0 Å². The van der Waals surface area contributed by atoms with Crippen molar-refractivity contribution in [1.29, 1.82) is 0 Å². The molecule has 0 saturated carbocycles. The van der Waals surface area contributed by atoms with Gasteiger partial charge in [-0.15, -0.1) is 0 Å². The van der Waals surface area contributed by atoms with Crippen LogP contribution >= 0.6 is 9.12 Å². The van der Waals surface area contributed by atoms with E-state index in [1.807, 2.05) is 0 Å². The number of rotatable bonds is 0. The first-order chi connectivity index (χ1) is 1.00. The van der Waals surface area contributed by atoms with E-state index < -0.39 is 0 Å². The van der Waals surface area contributed by atoms with Gasteiger partial charge in [0.25, 0.3) is 0 Å². The Morgan fingerprint density at radius 3 is 0.800 bits per heavy atom. The number of halogens is 3. The molecule has 0 aromatic rings. The highest BCUT2D eigenvalue weighted by atomic mass is 31.0. The van der Waals surface area contributed by atoms with E-state index in [0.717, 1.165) is 0 Å². The molecule has 0 bridgehead atoms. The summed E-state index contributed by atoms with van der Waals surface area (Å²) in [5.74, 6) is 0. The Morgan fingerprint density at radius 1 is 0.800 bits per heavy atom. The van der Waals surface area contributed by atoms with Crippen LogP contribution in [-0.4, -0.2) is 0 Å². The Balaban J connectivity index is -0.00000000167.